The number of piperidine rings is 1. The van der Waals surface area contributed by atoms with E-state index in [2.05, 4.69) is 5.32 Å². The lowest BCUT2D eigenvalue weighted by molar-refractivity contribution is -0.155. The summed E-state index contributed by atoms with van der Waals surface area (Å²) in [6.45, 7) is 3.88. The summed E-state index contributed by atoms with van der Waals surface area (Å²) in [7, 11) is 0. The molecule has 0 aromatic carbocycles. The second kappa shape index (κ2) is 6.77. The minimum Gasteiger partial charge on any atom is -0.333 e. The summed E-state index contributed by atoms with van der Waals surface area (Å²) in [5, 5.41) is 3.28. The van der Waals surface area contributed by atoms with Crippen molar-refractivity contribution in [1.29, 1.82) is 0 Å². The van der Waals surface area contributed by atoms with E-state index in [0.717, 1.165) is 38.9 Å². The first kappa shape index (κ1) is 14.8. The van der Waals surface area contributed by atoms with Gasteiger partial charge < -0.3 is 15.1 Å². The van der Waals surface area contributed by atoms with E-state index in [1.165, 1.54) is 25.7 Å². The van der Waals surface area contributed by atoms with Crippen LogP contribution in [0.4, 0.5) is 0 Å². The molecule has 2 atom stereocenters. The molecule has 2 heterocycles. The summed E-state index contributed by atoms with van der Waals surface area (Å²) < 4.78 is 0. The van der Waals surface area contributed by atoms with Crippen molar-refractivity contribution in [2.75, 3.05) is 32.7 Å². The highest BCUT2D eigenvalue weighted by molar-refractivity contribution is 6.35. The first-order valence-corrected chi connectivity index (χ1v) is 8.58. The van der Waals surface area contributed by atoms with Crippen LogP contribution in [0, 0.1) is 5.92 Å². The van der Waals surface area contributed by atoms with Crippen molar-refractivity contribution < 1.29 is 9.59 Å². The summed E-state index contributed by atoms with van der Waals surface area (Å²) in [6, 6.07) is 0.328. The normalized spacial score (nSPS) is 30.5. The van der Waals surface area contributed by atoms with E-state index in [1.807, 2.05) is 4.90 Å². The van der Waals surface area contributed by atoms with Crippen LogP contribution in [0.1, 0.15) is 44.9 Å². The summed E-state index contributed by atoms with van der Waals surface area (Å²) >= 11 is 0. The number of fused-ring (bicyclic) bond motifs is 1. The number of likely N-dealkylation sites (tertiary alicyclic amines) is 1. The number of hydrogen-bond acceptors (Lipinski definition) is 3. The Balaban J connectivity index is 1.66. The van der Waals surface area contributed by atoms with Gasteiger partial charge in [-0.05, 0) is 44.6 Å². The highest BCUT2D eigenvalue weighted by atomic mass is 16.2. The maximum atomic E-state index is 12.7. The standard InChI is InChI=1S/C16H27N3O2/c20-15(18-10-4-8-17-9-12-18)16(21)19-11-3-6-13-5-1-2-7-14(13)19/h13-14,17H,1-12H2/t13-,14-/m1/s1. The van der Waals surface area contributed by atoms with E-state index in [1.54, 1.807) is 4.90 Å². The fourth-order valence-corrected chi connectivity index (χ4v) is 4.18. The molecular weight excluding hydrogens is 266 g/mol. The van der Waals surface area contributed by atoms with E-state index in [0.29, 0.717) is 25.0 Å². The molecule has 5 nitrogen and oxygen atoms in total. The Labute approximate surface area is 127 Å². The Morgan fingerprint density at radius 2 is 1.62 bits per heavy atom. The Kier molecular flexibility index (Phi) is 4.78. The molecule has 0 aromatic rings. The maximum absolute atomic E-state index is 12.7. The van der Waals surface area contributed by atoms with Crippen molar-refractivity contribution in [3.63, 3.8) is 0 Å². The van der Waals surface area contributed by atoms with E-state index in [4.69, 9.17) is 0 Å². The molecule has 0 unspecified atom stereocenters. The van der Waals surface area contributed by atoms with Crippen molar-refractivity contribution in [1.82, 2.24) is 15.1 Å². The number of carbonyl (C=O) groups is 2. The molecule has 0 bridgehead atoms. The lowest BCUT2D eigenvalue weighted by Crippen LogP contribution is -2.54. The molecule has 0 aromatic heterocycles. The van der Waals surface area contributed by atoms with Gasteiger partial charge in [-0.25, -0.2) is 0 Å². The van der Waals surface area contributed by atoms with Gasteiger partial charge in [0.05, 0.1) is 0 Å². The van der Waals surface area contributed by atoms with E-state index in [-0.39, 0.29) is 11.8 Å². The molecule has 5 heteroatoms. The topological polar surface area (TPSA) is 52.7 Å². The molecule has 0 spiro atoms. The van der Waals surface area contributed by atoms with E-state index in [9.17, 15) is 9.59 Å². The van der Waals surface area contributed by atoms with Gasteiger partial charge in [-0.1, -0.05) is 12.8 Å². The third kappa shape index (κ3) is 3.23. The van der Waals surface area contributed by atoms with Gasteiger partial charge in [-0.3, -0.25) is 9.59 Å². The summed E-state index contributed by atoms with van der Waals surface area (Å²) in [6.07, 6.45) is 8.03. The molecule has 2 saturated heterocycles. The van der Waals surface area contributed by atoms with Crippen LogP contribution in [0.15, 0.2) is 0 Å². The number of hydrogen-bond donors (Lipinski definition) is 1. The molecule has 3 aliphatic rings. The highest BCUT2D eigenvalue weighted by Gasteiger charge is 2.38. The smallest absolute Gasteiger partial charge is 0.312 e. The van der Waals surface area contributed by atoms with Crippen molar-refractivity contribution in [2.45, 2.75) is 51.0 Å². The van der Waals surface area contributed by atoms with Crippen LogP contribution in [0.5, 0.6) is 0 Å². The summed E-state index contributed by atoms with van der Waals surface area (Å²) in [5.74, 6) is 0.119. The monoisotopic (exact) mass is 293 g/mol. The molecule has 3 rings (SSSR count). The van der Waals surface area contributed by atoms with Gasteiger partial charge in [0.15, 0.2) is 0 Å². The van der Waals surface area contributed by atoms with Crippen LogP contribution < -0.4 is 5.32 Å². The molecule has 2 amide bonds. The predicted octanol–water partition coefficient (Wildman–Crippen LogP) is 0.989. The third-order valence-corrected chi connectivity index (χ3v) is 5.31. The van der Waals surface area contributed by atoms with Crippen LogP contribution in [-0.4, -0.2) is 60.4 Å². The molecule has 1 N–H and O–H groups in total. The zero-order valence-corrected chi connectivity index (χ0v) is 12.9. The van der Waals surface area contributed by atoms with Crippen molar-refractivity contribution in [2.24, 2.45) is 5.92 Å². The average molecular weight is 293 g/mol. The van der Waals surface area contributed by atoms with Gasteiger partial charge in [0, 0.05) is 32.2 Å². The second-order valence-electron chi connectivity index (χ2n) is 6.65. The van der Waals surface area contributed by atoms with Crippen molar-refractivity contribution in [3.8, 4) is 0 Å². The number of rotatable bonds is 0. The average Bonchev–Trinajstić information content (AvgIpc) is 2.82. The van der Waals surface area contributed by atoms with Gasteiger partial charge in [-0.2, -0.15) is 0 Å². The third-order valence-electron chi connectivity index (χ3n) is 5.31. The van der Waals surface area contributed by atoms with Crippen LogP contribution >= 0.6 is 0 Å². The van der Waals surface area contributed by atoms with Crippen molar-refractivity contribution in [3.05, 3.63) is 0 Å². The van der Waals surface area contributed by atoms with Gasteiger partial charge >= 0.3 is 11.8 Å². The predicted molar refractivity (Wildman–Crippen MR) is 80.8 cm³/mol. The van der Waals surface area contributed by atoms with Crippen LogP contribution in [-0.2, 0) is 9.59 Å². The SMILES string of the molecule is O=C(C(=O)N1CCC[C@H]2CCCC[C@H]21)N1CCCNCC1. The van der Waals surface area contributed by atoms with E-state index < -0.39 is 0 Å². The van der Waals surface area contributed by atoms with Crippen molar-refractivity contribution >= 4 is 11.8 Å². The first-order chi connectivity index (χ1) is 10.3. The zero-order valence-electron chi connectivity index (χ0n) is 12.9. The number of nitrogens with zero attached hydrogens (tertiary/aromatic N) is 2. The molecular formula is C16H27N3O2. The lowest BCUT2D eigenvalue weighted by atomic mass is 9.78. The second-order valence-corrected chi connectivity index (χ2v) is 6.65. The Morgan fingerprint density at radius 3 is 2.52 bits per heavy atom. The minimum atomic E-state index is -0.273. The summed E-state index contributed by atoms with van der Waals surface area (Å²) in [4.78, 5) is 28.9. The minimum absolute atomic E-state index is 0.242. The first-order valence-electron chi connectivity index (χ1n) is 8.58. The Bertz CT molecular complexity index is 389. The fraction of sp³-hybridized carbons (Fsp3) is 0.875. The summed E-state index contributed by atoms with van der Waals surface area (Å²) in [5.41, 5.74) is 0. The van der Waals surface area contributed by atoms with Gasteiger partial charge in [-0.15, -0.1) is 0 Å². The molecule has 0 radical (unpaired) electrons. The zero-order chi connectivity index (χ0) is 14.7. The molecule has 1 aliphatic carbocycles. The Hall–Kier alpha value is -1.10. The largest absolute Gasteiger partial charge is 0.333 e. The maximum Gasteiger partial charge on any atom is 0.312 e. The number of nitrogens with one attached hydrogen (secondary N) is 1. The molecule has 1 saturated carbocycles. The lowest BCUT2D eigenvalue weighted by Gasteiger charge is -2.44. The molecule has 21 heavy (non-hydrogen) atoms. The number of amides is 2. The van der Waals surface area contributed by atoms with Gasteiger partial charge in [0.25, 0.3) is 0 Å². The molecule has 2 aliphatic heterocycles. The van der Waals surface area contributed by atoms with Gasteiger partial charge in [0.1, 0.15) is 0 Å². The fourth-order valence-electron chi connectivity index (χ4n) is 4.18. The van der Waals surface area contributed by atoms with Gasteiger partial charge in [0.2, 0.25) is 0 Å². The molecule has 118 valence electrons. The Morgan fingerprint density at radius 1 is 0.810 bits per heavy atom. The molecule has 3 fully saturated rings. The van der Waals surface area contributed by atoms with Crippen LogP contribution in [0.2, 0.25) is 0 Å². The van der Waals surface area contributed by atoms with Crippen LogP contribution in [0.3, 0.4) is 0 Å². The number of carbonyl (C=O) groups excluding carboxylic acids is 2. The van der Waals surface area contributed by atoms with Crippen LogP contribution in [0.25, 0.3) is 0 Å². The quantitative estimate of drug-likeness (QED) is 0.678. The highest BCUT2D eigenvalue weighted by Crippen LogP contribution is 2.35. The van der Waals surface area contributed by atoms with E-state index >= 15 is 0 Å².